The van der Waals surface area contributed by atoms with Gasteiger partial charge in [0.1, 0.15) is 0 Å². The van der Waals surface area contributed by atoms with Gasteiger partial charge in [-0.25, -0.2) is 0 Å². The molecule has 0 amide bonds. The van der Waals surface area contributed by atoms with Gasteiger partial charge in [-0.2, -0.15) is 0 Å². The monoisotopic (exact) mass is 734 g/mol. The van der Waals surface area contributed by atoms with E-state index in [-0.39, 0.29) is 20.1 Å². The van der Waals surface area contributed by atoms with Gasteiger partial charge >= 0.3 is 0 Å². The van der Waals surface area contributed by atoms with Gasteiger partial charge in [0.2, 0.25) is 0 Å². The molecule has 4 rings (SSSR count). The number of rotatable bonds is 3. The fourth-order valence-electron chi connectivity index (χ4n) is 3.15. The second kappa shape index (κ2) is 9.60. The minimum atomic E-state index is 0. The van der Waals surface area contributed by atoms with Crippen molar-refractivity contribution >= 4 is 47.8 Å². The number of halogens is 3. The Morgan fingerprint density at radius 3 is 1.68 bits per heavy atom. The summed E-state index contributed by atoms with van der Waals surface area (Å²) < 4.78 is 3.14. The second-order valence-electron chi connectivity index (χ2n) is 6.11. The molecule has 3 aromatic carbocycles. The molecule has 1 radical (unpaired) electrons. The first-order valence-electron chi connectivity index (χ1n) is 8.38. The first-order valence-corrected chi connectivity index (χ1v) is 10.8. The van der Waals surface area contributed by atoms with E-state index in [9.17, 15) is 0 Å². The van der Waals surface area contributed by atoms with Crippen molar-refractivity contribution in [3.63, 3.8) is 0 Å². The molecule has 141 valence electrons. The van der Waals surface area contributed by atoms with Crippen LogP contribution in [-0.4, -0.2) is 4.98 Å². The summed E-state index contributed by atoms with van der Waals surface area (Å²) in [6.45, 7) is 0. The number of pyridine rings is 1. The summed E-state index contributed by atoms with van der Waals surface area (Å²) in [7, 11) is 0. The first kappa shape index (κ1) is 21.6. The van der Waals surface area contributed by atoms with Crippen LogP contribution in [0.15, 0.2) is 98.5 Å². The number of hydrogen-bond acceptors (Lipinski definition) is 1. The topological polar surface area (TPSA) is 12.9 Å². The zero-order valence-electron chi connectivity index (χ0n) is 14.5. The second-order valence-corrected chi connectivity index (χ2v) is 8.86. The number of benzene rings is 3. The van der Waals surface area contributed by atoms with Crippen molar-refractivity contribution in [1.29, 1.82) is 0 Å². The smallest absolute Gasteiger partial charge is 0.0786 e. The predicted octanol–water partition coefficient (Wildman–Crippen LogP) is 8.37. The zero-order chi connectivity index (χ0) is 18.8. The molecular formula is C23H14Br3IrN. The minimum Gasteiger partial charge on any atom is -0.256 e. The van der Waals surface area contributed by atoms with Gasteiger partial charge in [-0.15, -0.1) is 0 Å². The number of nitrogens with zero attached hydrogens (tertiary/aromatic N) is 1. The van der Waals surface area contributed by atoms with E-state index in [1.807, 2.05) is 30.5 Å². The van der Waals surface area contributed by atoms with Crippen molar-refractivity contribution in [2.75, 3.05) is 0 Å². The Kier molecular flexibility index (Phi) is 7.41. The van der Waals surface area contributed by atoms with Crippen LogP contribution in [0.4, 0.5) is 0 Å². The van der Waals surface area contributed by atoms with Crippen molar-refractivity contribution in [2.24, 2.45) is 0 Å². The van der Waals surface area contributed by atoms with Gasteiger partial charge in [0, 0.05) is 50.8 Å². The van der Waals surface area contributed by atoms with E-state index in [2.05, 4.69) is 102 Å². The first-order chi connectivity index (χ1) is 13.1. The van der Waals surface area contributed by atoms with E-state index in [1.165, 1.54) is 0 Å². The van der Waals surface area contributed by atoms with Gasteiger partial charge in [-0.3, -0.25) is 4.98 Å². The third kappa shape index (κ3) is 4.72. The molecule has 1 heterocycles. The number of aromatic nitrogens is 1. The van der Waals surface area contributed by atoms with Crippen molar-refractivity contribution < 1.29 is 20.1 Å². The Morgan fingerprint density at radius 1 is 0.571 bits per heavy atom. The Morgan fingerprint density at radius 2 is 1.07 bits per heavy atom. The molecule has 5 heteroatoms. The third-order valence-corrected chi connectivity index (χ3v) is 5.78. The Bertz CT molecular complexity index is 1060. The summed E-state index contributed by atoms with van der Waals surface area (Å²) in [4.78, 5) is 4.76. The molecule has 0 spiro atoms. The maximum absolute atomic E-state index is 4.76. The van der Waals surface area contributed by atoms with Crippen LogP contribution >= 0.6 is 47.8 Å². The van der Waals surface area contributed by atoms with Gasteiger partial charge in [0.15, 0.2) is 0 Å². The van der Waals surface area contributed by atoms with Crippen molar-refractivity contribution in [2.45, 2.75) is 0 Å². The fraction of sp³-hybridized carbons (Fsp3) is 0. The molecule has 0 unspecified atom stereocenters. The largest absolute Gasteiger partial charge is 0.256 e. The minimum absolute atomic E-state index is 0. The molecule has 0 aliphatic carbocycles. The van der Waals surface area contributed by atoms with Crippen LogP contribution in [0.2, 0.25) is 0 Å². The summed E-state index contributed by atoms with van der Waals surface area (Å²) in [5.74, 6) is 0. The molecular weight excluding hydrogens is 722 g/mol. The van der Waals surface area contributed by atoms with Crippen LogP contribution in [-0.2, 0) is 20.1 Å². The SMILES string of the molecule is Brc1cccc(-c2ccnc(-c3cccc(Br)c3)c2-c2cccc(Br)c2)c1.[Ir]. The molecule has 0 N–H and O–H groups in total. The summed E-state index contributed by atoms with van der Waals surface area (Å²) in [6, 6.07) is 27.1. The van der Waals surface area contributed by atoms with E-state index in [4.69, 9.17) is 4.98 Å². The molecule has 4 aromatic rings. The van der Waals surface area contributed by atoms with Crippen LogP contribution in [0.1, 0.15) is 0 Å². The number of hydrogen-bond donors (Lipinski definition) is 0. The van der Waals surface area contributed by atoms with Gasteiger partial charge in [-0.05, 0) is 59.2 Å². The van der Waals surface area contributed by atoms with Crippen LogP contribution < -0.4 is 0 Å². The van der Waals surface area contributed by atoms with E-state index in [0.717, 1.165) is 46.9 Å². The molecule has 1 aromatic heterocycles. The van der Waals surface area contributed by atoms with Crippen molar-refractivity contribution in [1.82, 2.24) is 4.98 Å². The van der Waals surface area contributed by atoms with Crippen LogP contribution in [0, 0.1) is 0 Å². The van der Waals surface area contributed by atoms with Crippen LogP contribution in [0.3, 0.4) is 0 Å². The average Bonchev–Trinajstić information content (AvgIpc) is 2.67. The van der Waals surface area contributed by atoms with Gasteiger partial charge in [0.05, 0.1) is 5.69 Å². The zero-order valence-corrected chi connectivity index (χ0v) is 21.7. The normalized spacial score (nSPS) is 10.4. The van der Waals surface area contributed by atoms with E-state index < -0.39 is 0 Å². The molecule has 0 saturated carbocycles. The quantitative estimate of drug-likeness (QED) is 0.206. The Balaban J connectivity index is 0.00000225. The van der Waals surface area contributed by atoms with Gasteiger partial charge in [-0.1, -0.05) is 84.2 Å². The predicted molar refractivity (Wildman–Crippen MR) is 124 cm³/mol. The van der Waals surface area contributed by atoms with E-state index in [0.29, 0.717) is 0 Å². The molecule has 0 aliphatic rings. The van der Waals surface area contributed by atoms with Gasteiger partial charge < -0.3 is 0 Å². The summed E-state index contributed by atoms with van der Waals surface area (Å²) >= 11 is 10.8. The van der Waals surface area contributed by atoms with Crippen molar-refractivity contribution in [3.05, 3.63) is 98.5 Å². The maximum Gasteiger partial charge on any atom is 0.0786 e. The molecule has 0 atom stereocenters. The molecule has 0 fully saturated rings. The fourth-order valence-corrected chi connectivity index (χ4v) is 4.35. The van der Waals surface area contributed by atoms with Gasteiger partial charge in [0.25, 0.3) is 0 Å². The maximum atomic E-state index is 4.76. The van der Waals surface area contributed by atoms with Crippen molar-refractivity contribution in [3.8, 4) is 33.5 Å². The van der Waals surface area contributed by atoms with Crippen LogP contribution in [0.5, 0.6) is 0 Å². The Hall–Kier alpha value is -1.10. The standard InChI is InChI=1S/C23H14Br3N.Ir/c24-18-7-1-4-15(12-18)21-10-11-27-23(17-6-3-9-20(26)14-17)22(21)16-5-2-8-19(25)13-16;/h1-14H;. The van der Waals surface area contributed by atoms with E-state index >= 15 is 0 Å². The third-order valence-electron chi connectivity index (χ3n) is 4.30. The summed E-state index contributed by atoms with van der Waals surface area (Å²) in [5, 5.41) is 0. The summed E-state index contributed by atoms with van der Waals surface area (Å²) in [5.41, 5.74) is 6.60. The molecule has 0 saturated heterocycles. The molecule has 0 aliphatic heterocycles. The Labute approximate surface area is 203 Å². The molecule has 1 nitrogen and oxygen atoms in total. The molecule has 0 bridgehead atoms. The molecule has 28 heavy (non-hydrogen) atoms. The summed E-state index contributed by atoms with van der Waals surface area (Å²) in [6.07, 6.45) is 1.88. The van der Waals surface area contributed by atoms with E-state index in [1.54, 1.807) is 0 Å². The van der Waals surface area contributed by atoms with Crippen LogP contribution in [0.25, 0.3) is 33.5 Å². The average molecular weight is 736 g/mol.